The zero-order valence-corrected chi connectivity index (χ0v) is 23.4. The fourth-order valence-corrected chi connectivity index (χ4v) is 5.29. The number of unbranched alkanes of at least 4 members (excludes halogenated alkanes) is 1. The molecule has 0 saturated heterocycles. The molecule has 0 amide bonds. The van der Waals surface area contributed by atoms with Gasteiger partial charge in [-0.05, 0) is 116 Å². The van der Waals surface area contributed by atoms with E-state index in [4.69, 9.17) is 10.00 Å². The van der Waals surface area contributed by atoms with Crippen LogP contribution in [-0.2, 0) is 4.74 Å². The lowest BCUT2D eigenvalue weighted by Gasteiger charge is -2.17. The summed E-state index contributed by atoms with van der Waals surface area (Å²) in [6.07, 6.45) is 10.6. The predicted molar refractivity (Wildman–Crippen MR) is 156 cm³/mol. The first-order valence-corrected chi connectivity index (χ1v) is 13.9. The van der Waals surface area contributed by atoms with Crippen molar-refractivity contribution in [2.75, 3.05) is 13.7 Å². The Balaban J connectivity index is 0.00000507. The summed E-state index contributed by atoms with van der Waals surface area (Å²) >= 11 is 0. The number of nitriles is 1. The van der Waals surface area contributed by atoms with Gasteiger partial charge in [-0.2, -0.15) is 5.26 Å². The number of carbonyl (C=O) groups excluding carboxylic acids is 1. The number of hydrogen-bond acceptors (Lipinski definition) is 3. The van der Waals surface area contributed by atoms with Crippen LogP contribution in [0.5, 0.6) is 0 Å². The van der Waals surface area contributed by atoms with Crippen LogP contribution in [0.15, 0.2) is 59.7 Å². The van der Waals surface area contributed by atoms with Crippen LogP contribution in [0.2, 0.25) is 0 Å². The van der Waals surface area contributed by atoms with Crippen LogP contribution in [0.3, 0.4) is 0 Å². The lowest BCUT2D eigenvalue weighted by molar-refractivity contribution is 0.0979. The molecule has 0 spiro atoms. The number of ketones is 1. The number of methoxy groups -OCH3 is 1. The molecule has 1 aliphatic carbocycles. The van der Waals surface area contributed by atoms with Crippen molar-refractivity contribution in [3.05, 3.63) is 87.5 Å². The first-order chi connectivity index (χ1) is 17.9. The second kappa shape index (κ2) is 14.1. The maximum absolute atomic E-state index is 13.1. The molecule has 1 saturated carbocycles. The maximum atomic E-state index is 13.1. The number of Topliss-reactive ketones (excluding diaryl/α,β-unsaturated/α-hetero) is 1. The van der Waals surface area contributed by atoms with Gasteiger partial charge in [-0.15, -0.1) is 0 Å². The predicted octanol–water partition coefficient (Wildman–Crippen LogP) is 9.22. The highest BCUT2D eigenvalue weighted by Gasteiger charge is 2.27. The Morgan fingerprint density at radius 1 is 1.14 bits per heavy atom. The van der Waals surface area contributed by atoms with Crippen molar-refractivity contribution in [2.45, 2.75) is 85.0 Å². The number of benzene rings is 2. The van der Waals surface area contributed by atoms with E-state index in [0.717, 1.165) is 37.7 Å². The first kappa shape index (κ1) is 28.6. The first-order valence-electron chi connectivity index (χ1n) is 13.9. The Bertz CT molecular complexity index is 1170. The van der Waals surface area contributed by atoms with Crippen molar-refractivity contribution in [2.24, 2.45) is 5.92 Å². The van der Waals surface area contributed by atoms with Gasteiger partial charge >= 0.3 is 0 Å². The smallest absolute Gasteiger partial charge is 0.162 e. The van der Waals surface area contributed by atoms with E-state index in [0.29, 0.717) is 30.4 Å². The molecule has 0 radical (unpaired) electrons. The normalized spacial score (nSPS) is 15.2. The van der Waals surface area contributed by atoms with Crippen LogP contribution in [0.25, 0.3) is 5.57 Å². The summed E-state index contributed by atoms with van der Waals surface area (Å²) in [6, 6.07) is 16.4. The van der Waals surface area contributed by atoms with E-state index in [9.17, 15) is 4.79 Å². The quantitative estimate of drug-likeness (QED) is 0.148. The standard InChI is InChI=1S/C34H43NO2.H2/c1-6-9-28(29-16-13-27(22-35)14-17-29)10-7-8-11-34(36)31-15-12-25(3)32(21-31)26(4)33(30-18-19-30)20-24(2)23-37-5;/h12-17,20-21,28,30H,6-11,18-19,23H2,1-5H3;1H/b24-20+,33-26-;. The Morgan fingerprint density at radius 3 is 2.49 bits per heavy atom. The van der Waals surface area contributed by atoms with E-state index in [2.05, 4.69) is 64.1 Å². The Kier molecular flexibility index (Phi) is 10.9. The molecule has 198 valence electrons. The Morgan fingerprint density at radius 2 is 1.86 bits per heavy atom. The van der Waals surface area contributed by atoms with Gasteiger partial charge in [0.1, 0.15) is 0 Å². The minimum atomic E-state index is 0. The molecule has 3 rings (SSSR count). The zero-order chi connectivity index (χ0) is 26.8. The zero-order valence-electron chi connectivity index (χ0n) is 23.4. The molecule has 1 aliphatic rings. The van der Waals surface area contributed by atoms with Crippen molar-refractivity contribution < 1.29 is 11.0 Å². The highest BCUT2D eigenvalue weighted by atomic mass is 16.5. The molecule has 0 N–H and O–H groups in total. The minimum absolute atomic E-state index is 0. The third kappa shape index (κ3) is 8.27. The second-order valence-electron chi connectivity index (χ2n) is 10.7. The summed E-state index contributed by atoms with van der Waals surface area (Å²) in [5.41, 5.74) is 9.16. The topological polar surface area (TPSA) is 50.1 Å². The van der Waals surface area contributed by atoms with Gasteiger partial charge in [0.2, 0.25) is 0 Å². The molecule has 2 aromatic rings. The van der Waals surface area contributed by atoms with Crippen LogP contribution in [0.1, 0.15) is 112 Å². The molecule has 37 heavy (non-hydrogen) atoms. The Hall–Kier alpha value is -2.96. The highest BCUT2D eigenvalue weighted by Crippen LogP contribution is 2.42. The lowest BCUT2D eigenvalue weighted by atomic mass is 9.88. The largest absolute Gasteiger partial charge is 0.380 e. The van der Waals surface area contributed by atoms with Crippen molar-refractivity contribution in [1.82, 2.24) is 0 Å². The fourth-order valence-electron chi connectivity index (χ4n) is 5.29. The van der Waals surface area contributed by atoms with Gasteiger partial charge in [0.25, 0.3) is 0 Å². The van der Waals surface area contributed by atoms with Crippen LogP contribution in [-0.4, -0.2) is 19.5 Å². The number of ether oxygens (including phenoxy) is 1. The average Bonchev–Trinajstić information content (AvgIpc) is 3.74. The molecule has 3 heteroatoms. The number of hydrogen-bond donors (Lipinski definition) is 0. The third-order valence-corrected chi connectivity index (χ3v) is 7.54. The average molecular weight is 500 g/mol. The van der Waals surface area contributed by atoms with Crippen LogP contribution < -0.4 is 0 Å². The van der Waals surface area contributed by atoms with Gasteiger partial charge in [0.05, 0.1) is 18.2 Å². The van der Waals surface area contributed by atoms with Gasteiger partial charge in [0, 0.05) is 20.5 Å². The lowest BCUT2D eigenvalue weighted by Crippen LogP contribution is -2.03. The maximum Gasteiger partial charge on any atom is 0.162 e. The molecule has 0 aromatic heterocycles. The molecule has 1 unspecified atom stereocenters. The third-order valence-electron chi connectivity index (χ3n) is 7.54. The molecule has 0 bridgehead atoms. The van der Waals surface area contributed by atoms with E-state index in [1.54, 1.807) is 7.11 Å². The molecular weight excluding hydrogens is 454 g/mol. The summed E-state index contributed by atoms with van der Waals surface area (Å²) in [4.78, 5) is 13.1. The Labute approximate surface area is 225 Å². The van der Waals surface area contributed by atoms with Gasteiger partial charge < -0.3 is 4.74 Å². The highest BCUT2D eigenvalue weighted by molar-refractivity contribution is 5.97. The summed E-state index contributed by atoms with van der Waals surface area (Å²) in [7, 11) is 1.74. The van der Waals surface area contributed by atoms with Crippen LogP contribution in [0.4, 0.5) is 0 Å². The van der Waals surface area contributed by atoms with Gasteiger partial charge in [-0.3, -0.25) is 4.79 Å². The van der Waals surface area contributed by atoms with Crippen molar-refractivity contribution in [1.29, 1.82) is 5.26 Å². The molecule has 0 aliphatic heterocycles. The van der Waals surface area contributed by atoms with Gasteiger partial charge in [-0.25, -0.2) is 0 Å². The number of carbonyl (C=O) groups is 1. The molecular formula is C34H45NO2. The number of nitrogens with zero attached hydrogens (tertiary/aromatic N) is 1. The molecule has 3 nitrogen and oxygen atoms in total. The van der Waals surface area contributed by atoms with Crippen LogP contribution in [0, 0.1) is 24.2 Å². The minimum Gasteiger partial charge on any atom is -0.380 e. The summed E-state index contributed by atoms with van der Waals surface area (Å²) in [6.45, 7) is 9.33. The molecule has 0 heterocycles. The van der Waals surface area contributed by atoms with E-state index in [1.165, 1.54) is 46.3 Å². The summed E-state index contributed by atoms with van der Waals surface area (Å²) < 4.78 is 5.33. The fraction of sp³-hybridized carbons (Fsp3) is 0.471. The van der Waals surface area contributed by atoms with E-state index in [-0.39, 0.29) is 7.21 Å². The summed E-state index contributed by atoms with van der Waals surface area (Å²) in [5.74, 6) is 1.35. The monoisotopic (exact) mass is 499 g/mol. The molecule has 1 atom stereocenters. The van der Waals surface area contributed by atoms with E-state index < -0.39 is 0 Å². The van der Waals surface area contributed by atoms with Gasteiger partial charge in [-0.1, -0.05) is 50.1 Å². The van der Waals surface area contributed by atoms with Crippen LogP contribution >= 0.6 is 0 Å². The van der Waals surface area contributed by atoms with Crippen molar-refractivity contribution in [3.8, 4) is 6.07 Å². The van der Waals surface area contributed by atoms with Crippen molar-refractivity contribution >= 4 is 11.4 Å². The van der Waals surface area contributed by atoms with E-state index in [1.807, 2.05) is 18.2 Å². The van der Waals surface area contributed by atoms with E-state index >= 15 is 0 Å². The summed E-state index contributed by atoms with van der Waals surface area (Å²) in [5, 5.41) is 9.07. The number of allylic oxidation sites excluding steroid dienone is 3. The number of aryl methyl sites for hydroxylation is 1. The van der Waals surface area contributed by atoms with Crippen molar-refractivity contribution in [3.63, 3.8) is 0 Å². The number of rotatable bonds is 14. The molecule has 2 aromatic carbocycles. The SMILES string of the molecule is CCCC(CCCCC(=O)c1ccc(C)c(/C(C)=C(/C=C(\C)COC)C2CC2)c1)c1ccc(C#N)cc1.[HH]. The second-order valence-corrected chi connectivity index (χ2v) is 10.7. The van der Waals surface area contributed by atoms with Gasteiger partial charge in [0.15, 0.2) is 5.78 Å². The molecule has 1 fully saturated rings.